The lowest BCUT2D eigenvalue weighted by Gasteiger charge is -1.92. The van der Waals surface area contributed by atoms with E-state index in [0.29, 0.717) is 0 Å². The number of rotatable bonds is 1. The maximum atomic E-state index is 3.92. The molecule has 2 N–H and O–H groups in total. The topological polar surface area (TPSA) is 42.4 Å². The minimum atomic E-state index is 0.813. The summed E-state index contributed by atoms with van der Waals surface area (Å²) in [6, 6.07) is 0. The van der Waals surface area contributed by atoms with E-state index in [1.807, 2.05) is 0 Å². The number of nitrogens with zero attached hydrogens (tertiary/aromatic N) is 2. The van der Waals surface area contributed by atoms with Gasteiger partial charge in [-0.3, -0.25) is 4.98 Å². The summed E-state index contributed by atoms with van der Waals surface area (Å²) in [6.07, 6.45) is 4.93. The van der Waals surface area contributed by atoms with Gasteiger partial charge < -0.3 is 5.32 Å². The first-order valence-electron chi connectivity index (χ1n) is 2.32. The van der Waals surface area contributed by atoms with Crippen LogP contribution in [0.2, 0.25) is 0 Å². The molecule has 1 heterocycles. The van der Waals surface area contributed by atoms with Crippen LogP contribution in [-0.2, 0) is 0 Å². The first kappa shape index (κ1) is 5.18. The molecule has 1 aromatic rings. The maximum Gasteiger partial charge on any atom is 0.216 e. The van der Waals surface area contributed by atoms with E-state index in [9.17, 15) is 0 Å². The summed E-state index contributed by atoms with van der Waals surface area (Å²) in [5, 5.41) is 1.66. The molecule has 0 spiro atoms. The Labute approximate surface area is 47.8 Å². The SMILES string of the molecule is [CH2-][NH2+]c1cnccn1. The highest BCUT2D eigenvalue weighted by molar-refractivity contribution is 5.07. The molecule has 0 atom stereocenters. The van der Waals surface area contributed by atoms with Gasteiger partial charge in [0, 0.05) is 6.20 Å². The Hall–Kier alpha value is -0.960. The summed E-state index contributed by atoms with van der Waals surface area (Å²) in [5.41, 5.74) is 0. The van der Waals surface area contributed by atoms with E-state index in [2.05, 4.69) is 17.0 Å². The number of hydrogen-bond donors (Lipinski definition) is 1. The van der Waals surface area contributed by atoms with Crippen LogP contribution in [0, 0.1) is 7.05 Å². The minimum Gasteiger partial charge on any atom is -0.428 e. The van der Waals surface area contributed by atoms with Crippen LogP contribution in [0.3, 0.4) is 0 Å². The summed E-state index contributed by atoms with van der Waals surface area (Å²) in [4.78, 5) is 7.74. The van der Waals surface area contributed by atoms with Crippen LogP contribution in [0.15, 0.2) is 18.6 Å². The molecule has 0 aliphatic heterocycles. The molecular weight excluding hydrogens is 102 g/mol. The van der Waals surface area contributed by atoms with E-state index in [1.54, 1.807) is 23.9 Å². The Morgan fingerprint density at radius 2 is 2.38 bits per heavy atom. The molecule has 3 nitrogen and oxygen atoms in total. The smallest absolute Gasteiger partial charge is 0.216 e. The van der Waals surface area contributed by atoms with Crippen molar-refractivity contribution in [3.05, 3.63) is 25.6 Å². The second kappa shape index (κ2) is 2.37. The van der Waals surface area contributed by atoms with Gasteiger partial charge in [-0.15, -0.1) is 7.05 Å². The maximum absolute atomic E-state index is 3.92. The van der Waals surface area contributed by atoms with Gasteiger partial charge >= 0.3 is 0 Å². The van der Waals surface area contributed by atoms with Crippen LogP contribution in [0.4, 0.5) is 5.82 Å². The lowest BCUT2D eigenvalue weighted by atomic mass is 10.7. The molecule has 0 saturated carbocycles. The van der Waals surface area contributed by atoms with E-state index in [0.717, 1.165) is 5.82 Å². The van der Waals surface area contributed by atoms with E-state index >= 15 is 0 Å². The highest BCUT2D eigenvalue weighted by atomic mass is 15.0. The lowest BCUT2D eigenvalue weighted by Crippen LogP contribution is -2.70. The monoisotopic (exact) mass is 109 g/mol. The average Bonchev–Trinajstić information content (AvgIpc) is 1.90. The van der Waals surface area contributed by atoms with Gasteiger partial charge in [-0.1, -0.05) is 0 Å². The Bertz CT molecular complexity index is 149. The van der Waals surface area contributed by atoms with Gasteiger partial charge in [-0.25, -0.2) is 4.98 Å². The molecule has 0 bridgehead atoms. The predicted molar refractivity (Wildman–Crippen MR) is 29.0 cm³/mol. The minimum absolute atomic E-state index is 0.813. The van der Waals surface area contributed by atoms with Crippen molar-refractivity contribution < 1.29 is 5.32 Å². The third-order valence-corrected chi connectivity index (χ3v) is 0.792. The van der Waals surface area contributed by atoms with Crippen molar-refractivity contribution in [3.63, 3.8) is 0 Å². The van der Waals surface area contributed by atoms with Gasteiger partial charge in [0.2, 0.25) is 5.82 Å². The van der Waals surface area contributed by atoms with Gasteiger partial charge in [0.25, 0.3) is 0 Å². The molecule has 0 aliphatic carbocycles. The molecule has 0 aromatic carbocycles. The van der Waals surface area contributed by atoms with Crippen LogP contribution in [0.25, 0.3) is 0 Å². The molecule has 42 valence electrons. The number of nitrogens with two attached hydrogens (primary N) is 1. The fourth-order valence-electron chi connectivity index (χ4n) is 0.416. The van der Waals surface area contributed by atoms with Crippen molar-refractivity contribution in [3.8, 4) is 0 Å². The van der Waals surface area contributed by atoms with Crippen molar-refractivity contribution in [2.45, 2.75) is 0 Å². The molecule has 0 aliphatic rings. The largest absolute Gasteiger partial charge is 0.428 e. The fraction of sp³-hybridized carbons (Fsp3) is 0. The van der Waals surface area contributed by atoms with E-state index < -0.39 is 0 Å². The van der Waals surface area contributed by atoms with E-state index in [-0.39, 0.29) is 0 Å². The average molecular weight is 109 g/mol. The summed E-state index contributed by atoms with van der Waals surface area (Å²) in [5.74, 6) is 0.813. The molecule has 3 heteroatoms. The molecule has 0 unspecified atom stereocenters. The normalized spacial score (nSPS) is 9.12. The van der Waals surface area contributed by atoms with Crippen LogP contribution < -0.4 is 5.32 Å². The molecule has 0 radical (unpaired) electrons. The second-order valence-corrected chi connectivity index (χ2v) is 1.33. The molecule has 8 heavy (non-hydrogen) atoms. The summed E-state index contributed by atoms with van der Waals surface area (Å²) in [7, 11) is 3.53. The van der Waals surface area contributed by atoms with E-state index in [1.165, 1.54) is 0 Å². The molecule has 1 rings (SSSR count). The highest BCUT2D eigenvalue weighted by Crippen LogP contribution is 1.83. The lowest BCUT2D eigenvalue weighted by molar-refractivity contribution is -0.509. The standard InChI is InChI=1S/C5H7N3/c1-6-5-4-7-2-3-8-5/h2-4H,1,6H2. The van der Waals surface area contributed by atoms with Crippen LogP contribution in [0.5, 0.6) is 0 Å². The third-order valence-electron chi connectivity index (χ3n) is 0.792. The molecule has 0 saturated heterocycles. The summed E-state index contributed by atoms with van der Waals surface area (Å²) < 4.78 is 0. The third kappa shape index (κ3) is 1.01. The molecular formula is C5H7N3. The first-order valence-corrected chi connectivity index (χ1v) is 2.32. The van der Waals surface area contributed by atoms with Gasteiger partial charge in [0.05, 0.1) is 6.20 Å². The Kier molecular flexibility index (Phi) is 1.54. The highest BCUT2D eigenvalue weighted by Gasteiger charge is 1.83. The predicted octanol–water partition coefficient (Wildman–Crippen LogP) is -0.537. The van der Waals surface area contributed by atoms with Crippen molar-refractivity contribution in [2.24, 2.45) is 0 Å². The first-order chi connectivity index (χ1) is 3.93. The summed E-state index contributed by atoms with van der Waals surface area (Å²) in [6.45, 7) is 0. The van der Waals surface area contributed by atoms with Crippen LogP contribution >= 0.6 is 0 Å². The van der Waals surface area contributed by atoms with E-state index in [4.69, 9.17) is 0 Å². The Morgan fingerprint density at radius 1 is 1.50 bits per heavy atom. The van der Waals surface area contributed by atoms with Crippen molar-refractivity contribution >= 4 is 5.82 Å². The van der Waals surface area contributed by atoms with Gasteiger partial charge in [0.1, 0.15) is 6.20 Å². The van der Waals surface area contributed by atoms with Gasteiger partial charge in [0.15, 0.2) is 0 Å². The van der Waals surface area contributed by atoms with Crippen molar-refractivity contribution in [1.82, 2.24) is 9.97 Å². The fourth-order valence-corrected chi connectivity index (χ4v) is 0.416. The second-order valence-electron chi connectivity index (χ2n) is 1.33. The number of hydrogen-bond acceptors (Lipinski definition) is 2. The number of quaternary nitrogens is 1. The van der Waals surface area contributed by atoms with Gasteiger partial charge in [-0.2, -0.15) is 0 Å². The zero-order valence-corrected chi connectivity index (χ0v) is 4.41. The van der Waals surface area contributed by atoms with Crippen molar-refractivity contribution in [1.29, 1.82) is 0 Å². The Morgan fingerprint density at radius 3 is 2.75 bits per heavy atom. The molecule has 0 fully saturated rings. The zero-order chi connectivity index (χ0) is 5.82. The summed E-state index contributed by atoms with van der Waals surface area (Å²) >= 11 is 0. The van der Waals surface area contributed by atoms with Gasteiger partial charge in [-0.05, 0) is 0 Å². The van der Waals surface area contributed by atoms with Crippen LogP contribution in [-0.4, -0.2) is 9.97 Å². The molecule has 0 amide bonds. The number of aromatic nitrogens is 2. The zero-order valence-electron chi connectivity index (χ0n) is 4.41. The van der Waals surface area contributed by atoms with Crippen LogP contribution in [0.1, 0.15) is 0 Å². The van der Waals surface area contributed by atoms with Crippen molar-refractivity contribution in [2.75, 3.05) is 0 Å². The molecule has 1 aromatic heterocycles. The quantitative estimate of drug-likeness (QED) is 0.492. The Balaban J connectivity index is 2.83.